The fourth-order valence-electron chi connectivity index (χ4n) is 1.95. The van der Waals surface area contributed by atoms with Gasteiger partial charge in [-0.15, -0.1) is 0 Å². The van der Waals surface area contributed by atoms with Crippen LogP contribution in [0, 0.1) is 0 Å². The van der Waals surface area contributed by atoms with Gasteiger partial charge in [-0.25, -0.2) is 0 Å². The molecule has 0 aromatic heterocycles. The van der Waals surface area contributed by atoms with Crippen LogP contribution in [0.2, 0.25) is 5.02 Å². The van der Waals surface area contributed by atoms with E-state index < -0.39 is 34.6 Å². The van der Waals surface area contributed by atoms with Crippen molar-refractivity contribution >= 4 is 11.6 Å². The second-order valence-electron chi connectivity index (χ2n) is 4.23. The second-order valence-corrected chi connectivity index (χ2v) is 4.67. The van der Waals surface area contributed by atoms with Crippen molar-refractivity contribution in [2.24, 2.45) is 0 Å². The molecule has 0 aliphatic carbocycles. The number of benzene rings is 2. The molecule has 2 aromatic rings. The van der Waals surface area contributed by atoms with Gasteiger partial charge < -0.3 is 0 Å². The van der Waals surface area contributed by atoms with Crippen molar-refractivity contribution < 1.29 is 26.3 Å². The van der Waals surface area contributed by atoms with Gasteiger partial charge in [0.1, 0.15) is 0 Å². The van der Waals surface area contributed by atoms with Gasteiger partial charge in [0.15, 0.2) is 0 Å². The Labute approximate surface area is 121 Å². The third kappa shape index (κ3) is 3.32. The van der Waals surface area contributed by atoms with Gasteiger partial charge in [0, 0.05) is 5.02 Å². The minimum absolute atomic E-state index is 0.0741. The minimum atomic E-state index is -4.78. The Morgan fingerprint density at radius 1 is 0.667 bits per heavy atom. The lowest BCUT2D eigenvalue weighted by molar-refractivity contribution is -0.139. The van der Waals surface area contributed by atoms with E-state index in [2.05, 4.69) is 0 Å². The lowest BCUT2D eigenvalue weighted by atomic mass is 9.95. The lowest BCUT2D eigenvalue weighted by Gasteiger charge is -2.17. The summed E-state index contributed by atoms with van der Waals surface area (Å²) in [6.45, 7) is 0. The first-order chi connectivity index (χ1) is 9.60. The SMILES string of the molecule is FC(F)(F)c1ccccc1-c1cc(Cl)ccc1C(F)(F)F. The third-order valence-electron chi connectivity index (χ3n) is 2.81. The molecule has 2 rings (SSSR count). The average Bonchev–Trinajstić information content (AvgIpc) is 2.36. The second kappa shape index (κ2) is 5.26. The summed E-state index contributed by atoms with van der Waals surface area (Å²) in [6, 6.07) is 6.62. The molecule has 0 saturated heterocycles. The zero-order valence-electron chi connectivity index (χ0n) is 10.2. The van der Waals surface area contributed by atoms with Gasteiger partial charge in [0.2, 0.25) is 0 Å². The minimum Gasteiger partial charge on any atom is -0.166 e. The molecule has 0 unspecified atom stereocenters. The van der Waals surface area contributed by atoms with Crippen LogP contribution in [-0.2, 0) is 12.4 Å². The van der Waals surface area contributed by atoms with Crippen molar-refractivity contribution in [3.05, 3.63) is 58.6 Å². The fourth-order valence-corrected chi connectivity index (χ4v) is 2.12. The zero-order chi connectivity index (χ0) is 15.8. The molecule has 0 N–H and O–H groups in total. The molecule has 0 saturated carbocycles. The van der Waals surface area contributed by atoms with E-state index in [1.165, 1.54) is 6.07 Å². The molecular weight excluding hydrogens is 318 g/mol. The number of hydrogen-bond donors (Lipinski definition) is 0. The first kappa shape index (κ1) is 15.7. The van der Waals surface area contributed by atoms with Crippen molar-refractivity contribution in [3.63, 3.8) is 0 Å². The van der Waals surface area contributed by atoms with Crippen LogP contribution < -0.4 is 0 Å². The van der Waals surface area contributed by atoms with E-state index in [0.29, 0.717) is 6.07 Å². The smallest absolute Gasteiger partial charge is 0.166 e. The molecule has 2 aromatic carbocycles. The highest BCUT2D eigenvalue weighted by Gasteiger charge is 2.38. The monoisotopic (exact) mass is 324 g/mol. The van der Waals surface area contributed by atoms with E-state index in [1.807, 2.05) is 0 Å². The highest BCUT2D eigenvalue weighted by molar-refractivity contribution is 6.30. The number of alkyl halides is 6. The lowest BCUT2D eigenvalue weighted by Crippen LogP contribution is -2.11. The number of hydrogen-bond acceptors (Lipinski definition) is 0. The van der Waals surface area contributed by atoms with E-state index in [1.54, 1.807) is 0 Å². The average molecular weight is 325 g/mol. The maximum absolute atomic E-state index is 13.0. The Balaban J connectivity index is 2.77. The van der Waals surface area contributed by atoms with Gasteiger partial charge in [-0.2, -0.15) is 26.3 Å². The molecular formula is C14H7ClF6. The molecule has 112 valence electrons. The Morgan fingerprint density at radius 3 is 1.76 bits per heavy atom. The molecule has 0 nitrogen and oxygen atoms in total. The quantitative estimate of drug-likeness (QED) is 0.561. The molecule has 0 aliphatic heterocycles. The largest absolute Gasteiger partial charge is 0.417 e. The molecule has 0 fully saturated rings. The van der Waals surface area contributed by atoms with Crippen LogP contribution in [0.15, 0.2) is 42.5 Å². The molecule has 21 heavy (non-hydrogen) atoms. The molecule has 0 aliphatic rings. The zero-order valence-corrected chi connectivity index (χ0v) is 10.9. The van der Waals surface area contributed by atoms with E-state index >= 15 is 0 Å². The topological polar surface area (TPSA) is 0 Å². The van der Waals surface area contributed by atoms with Crippen LogP contribution in [-0.4, -0.2) is 0 Å². The molecule has 0 spiro atoms. The van der Waals surface area contributed by atoms with Crippen LogP contribution in [0.3, 0.4) is 0 Å². The van der Waals surface area contributed by atoms with Crippen molar-refractivity contribution in [2.75, 3.05) is 0 Å². The standard InChI is InChI=1S/C14H7ClF6/c15-8-5-6-12(14(19,20)21)10(7-8)9-3-1-2-4-11(9)13(16,17)18/h1-7H. The van der Waals surface area contributed by atoms with Crippen LogP contribution in [0.25, 0.3) is 11.1 Å². The molecule has 0 radical (unpaired) electrons. The predicted molar refractivity (Wildman–Crippen MR) is 66.9 cm³/mol. The summed E-state index contributed by atoms with van der Waals surface area (Å²) in [6.07, 6.45) is -9.54. The Kier molecular flexibility index (Phi) is 3.93. The van der Waals surface area contributed by atoms with Crippen molar-refractivity contribution in [2.45, 2.75) is 12.4 Å². The van der Waals surface area contributed by atoms with Crippen molar-refractivity contribution in [3.8, 4) is 11.1 Å². The first-order valence-corrected chi connectivity index (χ1v) is 6.02. The summed E-state index contributed by atoms with van der Waals surface area (Å²) in [5.41, 5.74) is -3.45. The molecule has 0 atom stereocenters. The van der Waals surface area contributed by atoms with Crippen molar-refractivity contribution in [1.82, 2.24) is 0 Å². The summed E-state index contributed by atoms with van der Waals surface area (Å²) < 4.78 is 77.8. The number of halogens is 7. The fraction of sp³-hybridized carbons (Fsp3) is 0.143. The van der Waals surface area contributed by atoms with Gasteiger partial charge in [0.05, 0.1) is 11.1 Å². The molecule has 0 amide bonds. The van der Waals surface area contributed by atoms with Crippen LogP contribution >= 0.6 is 11.6 Å². The molecule has 0 heterocycles. The van der Waals surface area contributed by atoms with Crippen LogP contribution in [0.1, 0.15) is 11.1 Å². The van der Waals surface area contributed by atoms with E-state index in [0.717, 1.165) is 30.3 Å². The highest BCUT2D eigenvalue weighted by atomic mass is 35.5. The summed E-state index contributed by atoms with van der Waals surface area (Å²) >= 11 is 5.63. The maximum Gasteiger partial charge on any atom is 0.417 e. The Morgan fingerprint density at radius 2 is 1.19 bits per heavy atom. The van der Waals surface area contributed by atoms with Crippen LogP contribution in [0.4, 0.5) is 26.3 Å². The first-order valence-electron chi connectivity index (χ1n) is 5.64. The summed E-state index contributed by atoms with van der Waals surface area (Å²) in [7, 11) is 0. The predicted octanol–water partition coefficient (Wildman–Crippen LogP) is 6.04. The number of rotatable bonds is 1. The van der Waals surface area contributed by atoms with Crippen molar-refractivity contribution in [1.29, 1.82) is 0 Å². The van der Waals surface area contributed by atoms with E-state index in [4.69, 9.17) is 11.6 Å². The Hall–Kier alpha value is -1.69. The van der Waals surface area contributed by atoms with E-state index in [-0.39, 0.29) is 5.02 Å². The molecule has 0 bridgehead atoms. The summed E-state index contributed by atoms with van der Waals surface area (Å²) in [5.74, 6) is 0. The Bertz CT molecular complexity index is 657. The summed E-state index contributed by atoms with van der Waals surface area (Å²) in [5, 5.41) is -0.0741. The summed E-state index contributed by atoms with van der Waals surface area (Å²) in [4.78, 5) is 0. The van der Waals surface area contributed by atoms with Gasteiger partial charge in [-0.3, -0.25) is 0 Å². The highest BCUT2D eigenvalue weighted by Crippen LogP contribution is 2.43. The van der Waals surface area contributed by atoms with Gasteiger partial charge >= 0.3 is 12.4 Å². The maximum atomic E-state index is 13.0. The van der Waals surface area contributed by atoms with Gasteiger partial charge in [-0.05, 0) is 35.4 Å². The van der Waals surface area contributed by atoms with E-state index in [9.17, 15) is 26.3 Å². The van der Waals surface area contributed by atoms with Gasteiger partial charge in [-0.1, -0.05) is 29.8 Å². The molecule has 7 heteroatoms. The third-order valence-corrected chi connectivity index (χ3v) is 3.04. The van der Waals surface area contributed by atoms with Crippen LogP contribution in [0.5, 0.6) is 0 Å². The normalized spacial score (nSPS) is 12.5. The van der Waals surface area contributed by atoms with Gasteiger partial charge in [0.25, 0.3) is 0 Å².